The quantitative estimate of drug-likeness (QED) is 0.323. The van der Waals surface area contributed by atoms with Gasteiger partial charge < -0.3 is 24.8 Å². The molecule has 3 rings (SSSR count). The van der Waals surface area contributed by atoms with Crippen molar-refractivity contribution in [1.82, 2.24) is 0 Å². The summed E-state index contributed by atoms with van der Waals surface area (Å²) in [5, 5.41) is 6.24. The van der Waals surface area contributed by atoms with Gasteiger partial charge in [0.15, 0.2) is 18.1 Å². The van der Waals surface area contributed by atoms with Crippen molar-refractivity contribution in [1.29, 1.82) is 0 Å². The molecule has 3 aromatic rings. The minimum absolute atomic E-state index is 0.107. The van der Waals surface area contributed by atoms with Gasteiger partial charge in [-0.05, 0) is 96.1 Å². The molecule has 0 heterocycles. The van der Waals surface area contributed by atoms with Gasteiger partial charge in [-0.1, -0.05) is 12.1 Å². The molecule has 0 saturated carbocycles. The molecule has 1 amide bonds. The van der Waals surface area contributed by atoms with E-state index in [2.05, 4.69) is 33.2 Å². The summed E-state index contributed by atoms with van der Waals surface area (Å²) in [5.41, 5.74) is 3.86. The SMILES string of the molecule is CCOc1ccc(NCc2cc(I)c(OCC(=O)Nc3cccc(C)c3)c(OC)c2)cc1. The van der Waals surface area contributed by atoms with Crippen LogP contribution in [0.5, 0.6) is 17.2 Å². The number of ether oxygens (including phenoxy) is 3. The predicted octanol–water partition coefficient (Wildman–Crippen LogP) is 5.64. The number of aryl methyl sites for hydroxylation is 1. The highest BCUT2D eigenvalue weighted by atomic mass is 127. The molecule has 0 spiro atoms. The van der Waals surface area contributed by atoms with Crippen LogP contribution in [0.25, 0.3) is 0 Å². The van der Waals surface area contributed by atoms with Gasteiger partial charge in [-0.25, -0.2) is 0 Å². The van der Waals surface area contributed by atoms with E-state index in [1.807, 2.05) is 74.5 Å². The lowest BCUT2D eigenvalue weighted by molar-refractivity contribution is -0.118. The summed E-state index contributed by atoms with van der Waals surface area (Å²) in [7, 11) is 1.59. The number of hydrogen-bond acceptors (Lipinski definition) is 5. The summed E-state index contributed by atoms with van der Waals surface area (Å²) < 4.78 is 17.7. The number of methoxy groups -OCH3 is 1. The summed E-state index contributed by atoms with van der Waals surface area (Å²) in [6.07, 6.45) is 0. The Bertz CT molecular complexity index is 1050. The van der Waals surface area contributed by atoms with Crippen molar-refractivity contribution in [2.24, 2.45) is 0 Å². The van der Waals surface area contributed by atoms with Crippen molar-refractivity contribution in [2.75, 3.05) is 31.0 Å². The molecule has 7 heteroatoms. The van der Waals surface area contributed by atoms with Crippen LogP contribution in [0.1, 0.15) is 18.1 Å². The summed E-state index contributed by atoms with van der Waals surface area (Å²) >= 11 is 2.20. The molecule has 0 unspecified atom stereocenters. The highest BCUT2D eigenvalue weighted by molar-refractivity contribution is 14.1. The lowest BCUT2D eigenvalue weighted by atomic mass is 10.2. The van der Waals surface area contributed by atoms with Gasteiger partial charge in [-0.2, -0.15) is 0 Å². The molecule has 0 aliphatic heterocycles. The van der Waals surface area contributed by atoms with Crippen LogP contribution < -0.4 is 24.8 Å². The first kappa shape index (κ1) is 23.7. The Labute approximate surface area is 202 Å². The second-order valence-electron chi connectivity index (χ2n) is 7.13. The van der Waals surface area contributed by atoms with Crippen molar-refractivity contribution in [2.45, 2.75) is 20.4 Å². The summed E-state index contributed by atoms with van der Waals surface area (Å²) in [6, 6.07) is 19.4. The van der Waals surface area contributed by atoms with Crippen LogP contribution in [0.2, 0.25) is 0 Å². The average Bonchev–Trinajstić information content (AvgIpc) is 2.77. The molecule has 0 aliphatic carbocycles. The monoisotopic (exact) mass is 546 g/mol. The lowest BCUT2D eigenvalue weighted by Gasteiger charge is -2.15. The molecular weight excluding hydrogens is 519 g/mol. The third kappa shape index (κ3) is 6.78. The summed E-state index contributed by atoms with van der Waals surface area (Å²) in [6.45, 7) is 5.10. The molecule has 32 heavy (non-hydrogen) atoms. The topological polar surface area (TPSA) is 68.8 Å². The molecule has 0 aromatic heterocycles. The molecule has 0 radical (unpaired) electrons. The van der Waals surface area contributed by atoms with E-state index in [1.54, 1.807) is 7.11 Å². The second-order valence-corrected chi connectivity index (χ2v) is 8.29. The molecule has 6 nitrogen and oxygen atoms in total. The number of benzene rings is 3. The molecule has 0 fully saturated rings. The van der Waals surface area contributed by atoms with Gasteiger partial charge in [-0.15, -0.1) is 0 Å². The minimum Gasteiger partial charge on any atom is -0.494 e. The van der Waals surface area contributed by atoms with E-state index in [0.717, 1.165) is 31.8 Å². The van der Waals surface area contributed by atoms with E-state index in [0.29, 0.717) is 24.7 Å². The lowest BCUT2D eigenvalue weighted by Crippen LogP contribution is -2.20. The maximum absolute atomic E-state index is 12.3. The first-order valence-electron chi connectivity index (χ1n) is 10.3. The Balaban J connectivity index is 1.60. The zero-order valence-corrected chi connectivity index (χ0v) is 20.6. The first-order chi connectivity index (χ1) is 15.5. The number of amides is 1. The normalized spacial score (nSPS) is 10.4. The van der Waals surface area contributed by atoms with Crippen molar-refractivity contribution < 1.29 is 19.0 Å². The third-order valence-electron chi connectivity index (χ3n) is 4.60. The van der Waals surface area contributed by atoms with Gasteiger partial charge in [0.2, 0.25) is 0 Å². The van der Waals surface area contributed by atoms with Crippen molar-refractivity contribution >= 4 is 39.9 Å². The van der Waals surface area contributed by atoms with E-state index >= 15 is 0 Å². The van der Waals surface area contributed by atoms with E-state index in [9.17, 15) is 4.79 Å². The molecule has 0 saturated heterocycles. The molecular formula is C25H27IN2O4. The summed E-state index contributed by atoms with van der Waals surface area (Å²) in [4.78, 5) is 12.3. The van der Waals surface area contributed by atoms with E-state index in [-0.39, 0.29) is 12.5 Å². The largest absolute Gasteiger partial charge is 0.494 e. The standard InChI is InChI=1S/C25H27IN2O4/c1-4-31-21-10-8-19(9-11-21)27-15-18-13-22(26)25(23(14-18)30-3)32-16-24(29)28-20-7-5-6-17(2)12-20/h5-14,27H,4,15-16H2,1-3H3,(H,28,29). The maximum Gasteiger partial charge on any atom is 0.262 e. The number of carbonyl (C=O) groups is 1. The fraction of sp³-hybridized carbons (Fsp3) is 0.240. The molecule has 168 valence electrons. The third-order valence-corrected chi connectivity index (χ3v) is 5.40. The Morgan fingerprint density at radius 1 is 1.00 bits per heavy atom. The van der Waals surface area contributed by atoms with Crippen LogP contribution in [0.15, 0.2) is 60.7 Å². The van der Waals surface area contributed by atoms with E-state index in [4.69, 9.17) is 14.2 Å². The Morgan fingerprint density at radius 2 is 1.78 bits per heavy atom. The van der Waals surface area contributed by atoms with E-state index in [1.165, 1.54) is 0 Å². The molecule has 0 atom stereocenters. The van der Waals surface area contributed by atoms with Crippen LogP contribution in [0, 0.1) is 10.5 Å². The number of anilines is 2. The number of hydrogen-bond donors (Lipinski definition) is 2. The molecule has 2 N–H and O–H groups in total. The van der Waals surface area contributed by atoms with Gasteiger partial charge in [0.1, 0.15) is 5.75 Å². The maximum atomic E-state index is 12.3. The molecule has 0 aliphatic rings. The van der Waals surface area contributed by atoms with E-state index < -0.39 is 0 Å². The Hall–Kier alpha value is -2.94. The van der Waals surface area contributed by atoms with Gasteiger partial charge in [0, 0.05) is 17.9 Å². The van der Waals surface area contributed by atoms with Crippen LogP contribution in [0.3, 0.4) is 0 Å². The highest BCUT2D eigenvalue weighted by Gasteiger charge is 2.14. The Morgan fingerprint density at radius 3 is 2.47 bits per heavy atom. The van der Waals surface area contributed by atoms with Crippen molar-refractivity contribution in [3.63, 3.8) is 0 Å². The van der Waals surface area contributed by atoms with Gasteiger partial charge in [-0.3, -0.25) is 4.79 Å². The number of halogens is 1. The van der Waals surface area contributed by atoms with Crippen LogP contribution >= 0.6 is 22.6 Å². The minimum atomic E-state index is -0.227. The van der Waals surface area contributed by atoms with Gasteiger partial charge in [0.25, 0.3) is 5.91 Å². The van der Waals surface area contributed by atoms with Gasteiger partial charge >= 0.3 is 0 Å². The van der Waals surface area contributed by atoms with Crippen LogP contribution in [0.4, 0.5) is 11.4 Å². The summed E-state index contributed by atoms with van der Waals surface area (Å²) in [5.74, 6) is 1.76. The zero-order chi connectivity index (χ0) is 22.9. The average molecular weight is 546 g/mol. The zero-order valence-electron chi connectivity index (χ0n) is 18.4. The molecule has 3 aromatic carbocycles. The Kier molecular flexibility index (Phi) is 8.61. The second kappa shape index (κ2) is 11.6. The van der Waals surface area contributed by atoms with Crippen LogP contribution in [-0.2, 0) is 11.3 Å². The molecule has 0 bridgehead atoms. The number of nitrogens with one attached hydrogen (secondary N) is 2. The fourth-order valence-corrected chi connectivity index (χ4v) is 3.93. The van der Waals surface area contributed by atoms with Crippen molar-refractivity contribution in [3.05, 3.63) is 75.4 Å². The van der Waals surface area contributed by atoms with Gasteiger partial charge in [0.05, 0.1) is 17.3 Å². The van der Waals surface area contributed by atoms with Crippen LogP contribution in [-0.4, -0.2) is 26.2 Å². The fourth-order valence-electron chi connectivity index (χ4n) is 3.11. The smallest absolute Gasteiger partial charge is 0.262 e. The highest BCUT2D eigenvalue weighted by Crippen LogP contribution is 2.34. The number of rotatable bonds is 10. The number of carbonyl (C=O) groups excluding carboxylic acids is 1. The predicted molar refractivity (Wildman–Crippen MR) is 136 cm³/mol. The van der Waals surface area contributed by atoms with Crippen molar-refractivity contribution in [3.8, 4) is 17.2 Å². The first-order valence-corrected chi connectivity index (χ1v) is 11.4.